The Kier molecular flexibility index (Phi) is 6.03. The fourth-order valence-corrected chi connectivity index (χ4v) is 4.07. The normalized spacial score (nSPS) is 15.6. The molecule has 8 nitrogen and oxygen atoms in total. The molecule has 4 rings (SSSR count). The SMILES string of the molecule is COc1ccc(C2CC(c3ccccc3)=NN2C(=O)CSc2nc(N)cc(N)n2)cc1. The molecule has 1 unspecified atom stereocenters. The number of carbonyl (C=O) groups is 1. The number of benzene rings is 2. The number of anilines is 2. The van der Waals surface area contributed by atoms with E-state index in [1.54, 1.807) is 12.1 Å². The van der Waals surface area contributed by atoms with Gasteiger partial charge in [0.05, 0.1) is 24.6 Å². The van der Waals surface area contributed by atoms with E-state index < -0.39 is 0 Å². The average molecular weight is 435 g/mol. The molecule has 1 aliphatic heterocycles. The van der Waals surface area contributed by atoms with Crippen molar-refractivity contribution in [3.8, 4) is 5.75 Å². The molecule has 0 aliphatic carbocycles. The molecule has 1 aliphatic rings. The van der Waals surface area contributed by atoms with E-state index in [-0.39, 0.29) is 29.3 Å². The Hall–Kier alpha value is -3.59. The third-order valence-electron chi connectivity index (χ3n) is 4.84. The van der Waals surface area contributed by atoms with E-state index in [0.29, 0.717) is 11.6 Å². The van der Waals surface area contributed by atoms with Crippen molar-refractivity contribution < 1.29 is 9.53 Å². The number of methoxy groups -OCH3 is 1. The second kappa shape index (κ2) is 9.05. The van der Waals surface area contributed by atoms with Crippen LogP contribution < -0.4 is 16.2 Å². The number of aromatic nitrogens is 2. The van der Waals surface area contributed by atoms with Crippen molar-refractivity contribution in [3.63, 3.8) is 0 Å². The Morgan fingerprint density at radius 2 is 1.77 bits per heavy atom. The van der Waals surface area contributed by atoms with E-state index in [2.05, 4.69) is 15.1 Å². The monoisotopic (exact) mass is 434 g/mol. The smallest absolute Gasteiger partial charge is 0.253 e. The fourth-order valence-electron chi connectivity index (χ4n) is 3.35. The molecule has 0 spiro atoms. The first-order valence-corrected chi connectivity index (χ1v) is 10.6. The first-order valence-electron chi connectivity index (χ1n) is 9.65. The Morgan fingerprint density at radius 3 is 2.42 bits per heavy atom. The van der Waals surface area contributed by atoms with Crippen LogP contribution in [0.5, 0.6) is 5.75 Å². The molecule has 9 heteroatoms. The number of ether oxygens (including phenoxy) is 1. The molecule has 1 amide bonds. The van der Waals surface area contributed by atoms with Gasteiger partial charge < -0.3 is 16.2 Å². The minimum atomic E-state index is -0.207. The van der Waals surface area contributed by atoms with Gasteiger partial charge in [-0.05, 0) is 23.3 Å². The van der Waals surface area contributed by atoms with Crippen molar-refractivity contribution in [2.75, 3.05) is 24.3 Å². The zero-order valence-corrected chi connectivity index (χ0v) is 17.7. The van der Waals surface area contributed by atoms with Gasteiger partial charge in [0, 0.05) is 12.5 Å². The summed E-state index contributed by atoms with van der Waals surface area (Å²) >= 11 is 1.18. The Morgan fingerprint density at radius 1 is 1.10 bits per heavy atom. The molecular formula is C22H22N6O2S. The predicted molar refractivity (Wildman–Crippen MR) is 122 cm³/mol. The van der Waals surface area contributed by atoms with Crippen LogP contribution in [0.4, 0.5) is 11.6 Å². The maximum Gasteiger partial charge on any atom is 0.253 e. The lowest BCUT2D eigenvalue weighted by atomic mass is 9.98. The second-order valence-corrected chi connectivity index (χ2v) is 7.88. The lowest BCUT2D eigenvalue weighted by Crippen LogP contribution is -2.28. The number of hydrogen-bond acceptors (Lipinski definition) is 8. The van der Waals surface area contributed by atoms with Gasteiger partial charge in [0.1, 0.15) is 17.4 Å². The van der Waals surface area contributed by atoms with E-state index in [1.807, 2.05) is 54.6 Å². The van der Waals surface area contributed by atoms with Gasteiger partial charge in [-0.3, -0.25) is 4.79 Å². The molecule has 1 aromatic heterocycles. The molecule has 0 bridgehead atoms. The molecule has 3 aromatic rings. The number of nitrogen functional groups attached to an aromatic ring is 2. The summed E-state index contributed by atoms with van der Waals surface area (Å²) in [5.74, 6) is 1.26. The number of hydrogen-bond donors (Lipinski definition) is 2. The minimum absolute atomic E-state index is 0.112. The summed E-state index contributed by atoms with van der Waals surface area (Å²) in [4.78, 5) is 21.4. The Bertz CT molecular complexity index is 1080. The van der Waals surface area contributed by atoms with Crippen molar-refractivity contribution in [3.05, 3.63) is 71.8 Å². The van der Waals surface area contributed by atoms with Crippen LogP contribution >= 0.6 is 11.8 Å². The molecule has 2 aromatic carbocycles. The number of amides is 1. The van der Waals surface area contributed by atoms with Crippen molar-refractivity contribution in [1.29, 1.82) is 0 Å². The van der Waals surface area contributed by atoms with Gasteiger partial charge in [0.2, 0.25) is 0 Å². The summed E-state index contributed by atoms with van der Waals surface area (Å²) in [6.07, 6.45) is 0.620. The third kappa shape index (κ3) is 4.77. The minimum Gasteiger partial charge on any atom is -0.497 e. The van der Waals surface area contributed by atoms with Crippen LogP contribution in [-0.4, -0.2) is 39.5 Å². The lowest BCUT2D eigenvalue weighted by molar-refractivity contribution is -0.130. The summed E-state index contributed by atoms with van der Waals surface area (Å²) in [5.41, 5.74) is 14.3. The van der Waals surface area contributed by atoms with Crippen LogP contribution in [0, 0.1) is 0 Å². The molecule has 0 radical (unpaired) electrons. The second-order valence-electron chi connectivity index (χ2n) is 6.93. The molecule has 0 saturated carbocycles. The molecule has 31 heavy (non-hydrogen) atoms. The van der Waals surface area contributed by atoms with Crippen molar-refractivity contribution in [2.45, 2.75) is 17.6 Å². The number of carbonyl (C=O) groups excluding carboxylic acids is 1. The molecule has 0 fully saturated rings. The van der Waals surface area contributed by atoms with Gasteiger partial charge in [-0.25, -0.2) is 15.0 Å². The molecule has 2 heterocycles. The van der Waals surface area contributed by atoms with Gasteiger partial charge in [0.25, 0.3) is 5.91 Å². The lowest BCUT2D eigenvalue weighted by Gasteiger charge is -2.22. The van der Waals surface area contributed by atoms with Gasteiger partial charge in [-0.1, -0.05) is 54.2 Å². The van der Waals surface area contributed by atoms with Crippen molar-refractivity contribution >= 4 is 35.0 Å². The highest BCUT2D eigenvalue weighted by atomic mass is 32.2. The van der Waals surface area contributed by atoms with E-state index in [1.165, 1.54) is 17.8 Å². The average Bonchev–Trinajstić information content (AvgIpc) is 3.23. The molecule has 4 N–H and O–H groups in total. The van der Waals surface area contributed by atoms with Crippen LogP contribution in [0.3, 0.4) is 0 Å². The van der Waals surface area contributed by atoms with E-state index in [4.69, 9.17) is 16.2 Å². The number of hydrazone groups is 1. The summed E-state index contributed by atoms with van der Waals surface area (Å²) < 4.78 is 5.26. The number of rotatable bonds is 6. The third-order valence-corrected chi connectivity index (χ3v) is 5.68. The number of nitrogens with two attached hydrogens (primary N) is 2. The van der Waals surface area contributed by atoms with Gasteiger partial charge in [0.15, 0.2) is 5.16 Å². The largest absolute Gasteiger partial charge is 0.497 e. The fraction of sp³-hybridized carbons (Fsp3) is 0.182. The molecular weight excluding hydrogens is 412 g/mol. The van der Waals surface area contributed by atoms with Crippen molar-refractivity contribution in [1.82, 2.24) is 15.0 Å². The van der Waals surface area contributed by atoms with E-state index in [0.717, 1.165) is 22.6 Å². The summed E-state index contributed by atoms with van der Waals surface area (Å²) in [7, 11) is 1.62. The molecule has 0 saturated heterocycles. The standard InChI is InChI=1S/C22H22N6O2S/c1-30-16-9-7-15(8-10-16)18-11-17(14-5-3-2-4-6-14)27-28(18)21(29)13-31-22-25-19(23)12-20(24)26-22/h2-10,12,18H,11,13H2,1H3,(H4,23,24,25,26). The van der Waals surface area contributed by atoms with Crippen LogP contribution in [0.25, 0.3) is 0 Å². The summed E-state index contributed by atoms with van der Waals surface area (Å²) in [6.45, 7) is 0. The van der Waals surface area contributed by atoms with Crippen LogP contribution in [0.15, 0.2) is 70.9 Å². The maximum absolute atomic E-state index is 13.1. The molecule has 1 atom stereocenters. The first-order chi connectivity index (χ1) is 15.0. The Balaban J connectivity index is 1.57. The van der Waals surface area contributed by atoms with E-state index in [9.17, 15) is 4.79 Å². The number of thioether (sulfide) groups is 1. The zero-order chi connectivity index (χ0) is 21.8. The van der Waals surface area contributed by atoms with E-state index >= 15 is 0 Å². The highest BCUT2D eigenvalue weighted by Crippen LogP contribution is 2.34. The number of nitrogens with zero attached hydrogens (tertiary/aromatic N) is 4. The van der Waals surface area contributed by atoms with Gasteiger partial charge >= 0.3 is 0 Å². The topological polar surface area (TPSA) is 120 Å². The van der Waals surface area contributed by atoms with Crippen LogP contribution in [0.2, 0.25) is 0 Å². The quantitative estimate of drug-likeness (QED) is 0.452. The predicted octanol–water partition coefficient (Wildman–Crippen LogP) is 3.12. The summed E-state index contributed by atoms with van der Waals surface area (Å²) in [6, 6.07) is 18.8. The highest BCUT2D eigenvalue weighted by molar-refractivity contribution is 7.99. The zero-order valence-electron chi connectivity index (χ0n) is 16.9. The van der Waals surface area contributed by atoms with Gasteiger partial charge in [-0.15, -0.1) is 0 Å². The Labute approximate surface area is 184 Å². The van der Waals surface area contributed by atoms with Crippen LogP contribution in [0.1, 0.15) is 23.6 Å². The molecule has 158 valence electrons. The maximum atomic E-state index is 13.1. The first kappa shape index (κ1) is 20.7. The summed E-state index contributed by atoms with van der Waals surface area (Å²) in [5, 5.41) is 6.58. The van der Waals surface area contributed by atoms with Crippen molar-refractivity contribution in [2.24, 2.45) is 5.10 Å². The van der Waals surface area contributed by atoms with Gasteiger partial charge in [-0.2, -0.15) is 5.10 Å². The van der Waals surface area contributed by atoms with Crippen LogP contribution in [-0.2, 0) is 4.79 Å². The highest BCUT2D eigenvalue weighted by Gasteiger charge is 2.33.